The summed E-state index contributed by atoms with van der Waals surface area (Å²) >= 11 is 7.49. The molecule has 1 heterocycles. The Hall–Kier alpha value is -2.60. The van der Waals surface area contributed by atoms with E-state index in [9.17, 15) is 4.79 Å². The normalized spacial score (nSPS) is 14.1. The van der Waals surface area contributed by atoms with Gasteiger partial charge in [-0.1, -0.05) is 65.8 Å². The zero-order valence-electron chi connectivity index (χ0n) is 16.2. The molecule has 0 aliphatic heterocycles. The Morgan fingerprint density at radius 3 is 2.60 bits per heavy atom. The van der Waals surface area contributed by atoms with Crippen molar-refractivity contribution in [1.82, 2.24) is 9.55 Å². The van der Waals surface area contributed by atoms with Gasteiger partial charge < -0.3 is 5.73 Å². The Balaban J connectivity index is 1.56. The van der Waals surface area contributed by atoms with Crippen LogP contribution in [0.3, 0.4) is 0 Å². The summed E-state index contributed by atoms with van der Waals surface area (Å²) in [5.41, 5.74) is 10.3. The molecule has 1 unspecified atom stereocenters. The van der Waals surface area contributed by atoms with Crippen LogP contribution in [0.4, 0.5) is 0 Å². The van der Waals surface area contributed by atoms with Crippen molar-refractivity contribution in [3.05, 3.63) is 99.1 Å². The first-order valence-corrected chi connectivity index (χ1v) is 11.2. The van der Waals surface area contributed by atoms with Crippen LogP contribution in [0.15, 0.2) is 76.6 Å². The van der Waals surface area contributed by atoms with Crippen LogP contribution in [0.5, 0.6) is 0 Å². The summed E-state index contributed by atoms with van der Waals surface area (Å²) < 4.78 is 1.71. The second kappa shape index (κ2) is 7.91. The van der Waals surface area contributed by atoms with E-state index < -0.39 is 0 Å². The zero-order valence-corrected chi connectivity index (χ0v) is 17.8. The lowest BCUT2D eigenvalue weighted by Gasteiger charge is -2.18. The van der Waals surface area contributed by atoms with E-state index in [1.54, 1.807) is 16.7 Å². The van der Waals surface area contributed by atoms with E-state index in [0.717, 1.165) is 57.6 Å². The van der Waals surface area contributed by atoms with E-state index in [2.05, 4.69) is 29.2 Å². The molecule has 5 rings (SSSR count). The fourth-order valence-corrected chi connectivity index (χ4v) is 5.35. The van der Waals surface area contributed by atoms with Crippen molar-refractivity contribution in [2.45, 2.75) is 29.7 Å². The molecule has 0 saturated carbocycles. The highest BCUT2D eigenvalue weighted by Crippen LogP contribution is 2.38. The summed E-state index contributed by atoms with van der Waals surface area (Å²) in [6.45, 7) is 0. The van der Waals surface area contributed by atoms with Crippen molar-refractivity contribution in [3.8, 4) is 5.69 Å². The van der Waals surface area contributed by atoms with Gasteiger partial charge in [-0.15, -0.1) is 0 Å². The highest BCUT2D eigenvalue weighted by Gasteiger charge is 2.24. The number of hydrogen-bond donors (Lipinski definition) is 1. The van der Waals surface area contributed by atoms with Gasteiger partial charge in [-0.25, -0.2) is 4.79 Å². The molecule has 1 aromatic heterocycles. The van der Waals surface area contributed by atoms with Gasteiger partial charge in [0.15, 0.2) is 0 Å². The molecule has 1 atom stereocenters. The Bertz CT molecular complexity index is 1300. The number of aromatic nitrogens is 2. The fourth-order valence-electron chi connectivity index (χ4n) is 4.16. The minimum atomic E-state index is -0.306. The van der Waals surface area contributed by atoms with Crippen LogP contribution in [-0.2, 0) is 12.8 Å². The molecule has 0 bridgehead atoms. The van der Waals surface area contributed by atoms with Gasteiger partial charge in [0, 0.05) is 16.3 Å². The van der Waals surface area contributed by atoms with Crippen molar-refractivity contribution in [2.24, 2.45) is 5.73 Å². The SMILES string of the molecule is NC(Sc1nc(=O)n(-c2ccc(Cl)cc2)c2c1CCC2)c1cccc2ccccc12. The van der Waals surface area contributed by atoms with Gasteiger partial charge in [0.2, 0.25) is 0 Å². The van der Waals surface area contributed by atoms with Crippen LogP contribution in [0.1, 0.15) is 28.6 Å². The van der Waals surface area contributed by atoms with Gasteiger partial charge in [-0.2, -0.15) is 4.98 Å². The minimum Gasteiger partial charge on any atom is -0.315 e. The van der Waals surface area contributed by atoms with Gasteiger partial charge in [0.1, 0.15) is 5.03 Å². The van der Waals surface area contributed by atoms with E-state index in [1.165, 1.54) is 11.8 Å². The summed E-state index contributed by atoms with van der Waals surface area (Å²) in [5.74, 6) is 0. The van der Waals surface area contributed by atoms with Gasteiger partial charge >= 0.3 is 5.69 Å². The Morgan fingerprint density at radius 2 is 1.77 bits per heavy atom. The van der Waals surface area contributed by atoms with E-state index >= 15 is 0 Å². The average molecular weight is 434 g/mol. The molecule has 3 aromatic carbocycles. The highest BCUT2D eigenvalue weighted by atomic mass is 35.5. The standard InChI is InChI=1S/C24H20ClN3OS/c25-16-11-13-17(14-12-16)28-21-10-4-9-20(21)23(27-24(28)29)30-22(26)19-8-3-6-15-5-1-2-7-18(15)19/h1-3,5-8,11-14,22H,4,9-10,26H2. The average Bonchev–Trinajstić information content (AvgIpc) is 3.24. The van der Waals surface area contributed by atoms with Crippen molar-refractivity contribution in [2.75, 3.05) is 0 Å². The van der Waals surface area contributed by atoms with Crippen LogP contribution in [-0.4, -0.2) is 9.55 Å². The van der Waals surface area contributed by atoms with Crippen LogP contribution < -0.4 is 11.4 Å². The predicted octanol–water partition coefficient (Wildman–Crippen LogP) is 5.28. The molecule has 0 radical (unpaired) electrons. The van der Waals surface area contributed by atoms with Crippen molar-refractivity contribution < 1.29 is 0 Å². The second-order valence-electron chi connectivity index (χ2n) is 7.40. The first kappa shape index (κ1) is 19.4. The molecule has 4 aromatic rings. The molecule has 2 N–H and O–H groups in total. The number of benzene rings is 3. The second-order valence-corrected chi connectivity index (χ2v) is 8.96. The van der Waals surface area contributed by atoms with Crippen LogP contribution >= 0.6 is 23.4 Å². The quantitative estimate of drug-likeness (QED) is 0.270. The first-order valence-electron chi connectivity index (χ1n) is 9.92. The first-order chi connectivity index (χ1) is 14.6. The molecule has 150 valence electrons. The van der Waals surface area contributed by atoms with Gasteiger partial charge in [0.05, 0.1) is 11.1 Å². The Labute approximate surface area is 183 Å². The molecule has 6 heteroatoms. The molecule has 1 aliphatic rings. The van der Waals surface area contributed by atoms with E-state index in [4.69, 9.17) is 17.3 Å². The minimum absolute atomic E-state index is 0.273. The maximum Gasteiger partial charge on any atom is 0.353 e. The lowest BCUT2D eigenvalue weighted by Crippen LogP contribution is -2.26. The van der Waals surface area contributed by atoms with Crippen molar-refractivity contribution >= 4 is 34.1 Å². The number of hydrogen-bond acceptors (Lipinski definition) is 4. The predicted molar refractivity (Wildman–Crippen MR) is 124 cm³/mol. The topological polar surface area (TPSA) is 60.9 Å². The molecule has 0 amide bonds. The Kier molecular flexibility index (Phi) is 5.11. The molecular formula is C24H20ClN3OS. The number of halogens is 1. The van der Waals surface area contributed by atoms with Gasteiger partial charge in [-0.05, 0) is 59.9 Å². The number of rotatable bonds is 4. The summed E-state index contributed by atoms with van der Waals surface area (Å²) in [6.07, 6.45) is 2.76. The third-order valence-electron chi connectivity index (χ3n) is 5.56. The summed E-state index contributed by atoms with van der Waals surface area (Å²) in [6, 6.07) is 21.7. The van der Waals surface area contributed by atoms with Crippen LogP contribution in [0.2, 0.25) is 5.02 Å². The summed E-state index contributed by atoms with van der Waals surface area (Å²) in [5, 5.41) is 3.37. The maximum absolute atomic E-state index is 13.0. The third-order valence-corrected chi connectivity index (χ3v) is 6.88. The number of nitrogens with zero attached hydrogens (tertiary/aromatic N) is 2. The van der Waals surface area contributed by atoms with Crippen LogP contribution in [0, 0.1) is 0 Å². The smallest absolute Gasteiger partial charge is 0.315 e. The number of thioether (sulfide) groups is 1. The number of fused-ring (bicyclic) bond motifs is 2. The molecule has 4 nitrogen and oxygen atoms in total. The Morgan fingerprint density at radius 1 is 1.00 bits per heavy atom. The zero-order chi connectivity index (χ0) is 20.7. The van der Waals surface area contributed by atoms with E-state index in [0.29, 0.717) is 5.02 Å². The molecule has 0 saturated heterocycles. The maximum atomic E-state index is 13.0. The van der Waals surface area contributed by atoms with Crippen molar-refractivity contribution in [1.29, 1.82) is 0 Å². The third kappa shape index (κ3) is 3.43. The van der Waals surface area contributed by atoms with Gasteiger partial charge in [-0.3, -0.25) is 4.57 Å². The number of nitrogens with two attached hydrogens (primary N) is 1. The molecule has 0 fully saturated rings. The summed E-state index contributed by atoms with van der Waals surface area (Å²) in [7, 11) is 0. The lowest BCUT2D eigenvalue weighted by atomic mass is 10.0. The largest absolute Gasteiger partial charge is 0.353 e. The molecule has 1 aliphatic carbocycles. The molecular weight excluding hydrogens is 414 g/mol. The van der Waals surface area contributed by atoms with Crippen molar-refractivity contribution in [3.63, 3.8) is 0 Å². The highest BCUT2D eigenvalue weighted by molar-refractivity contribution is 7.99. The van der Waals surface area contributed by atoms with E-state index in [-0.39, 0.29) is 11.1 Å². The monoisotopic (exact) mass is 433 g/mol. The summed E-state index contributed by atoms with van der Waals surface area (Å²) in [4.78, 5) is 17.4. The van der Waals surface area contributed by atoms with E-state index in [1.807, 2.05) is 30.3 Å². The molecule has 30 heavy (non-hydrogen) atoms. The fraction of sp³-hybridized carbons (Fsp3) is 0.167. The lowest BCUT2D eigenvalue weighted by molar-refractivity contribution is 0.801. The van der Waals surface area contributed by atoms with Gasteiger partial charge in [0.25, 0.3) is 0 Å². The van der Waals surface area contributed by atoms with Crippen LogP contribution in [0.25, 0.3) is 16.5 Å². The molecule has 0 spiro atoms.